The summed E-state index contributed by atoms with van der Waals surface area (Å²) in [6, 6.07) is 28.3. The molecule has 2 aliphatic rings. The van der Waals surface area contributed by atoms with E-state index in [2.05, 4.69) is 46.3 Å². The topological polar surface area (TPSA) is 52.8 Å². The van der Waals surface area contributed by atoms with Crippen LogP contribution >= 0.6 is 27.3 Å². The minimum atomic E-state index is -0.319. The highest BCUT2D eigenvalue weighted by atomic mass is 79.9. The average molecular weight is 654 g/mol. The van der Waals surface area contributed by atoms with Crippen LogP contribution in [-0.2, 0) is 13.0 Å². The number of hydrogen-bond donors (Lipinski definition) is 0. The summed E-state index contributed by atoms with van der Waals surface area (Å²) in [5, 5.41) is 0. The number of benzene rings is 4. The molecule has 0 amide bonds. The Morgan fingerprint density at radius 3 is 2.60 bits per heavy atom. The standard InChI is InChI=1S/C35H26BrFN2O3S/c1-41-30-18-21(10-17-29(30)42-20-24-7-3-5-9-28(24)37)19-31-34(40)39-33(23-11-14-25(36)15-12-23)27-16-13-22-6-2-4-8-26(22)32(27)38-35(39)43-31/h2-12,14-15,17-19,33H,13,16,20H2,1H3/b31-19-/t33-/m0/s1. The van der Waals surface area contributed by atoms with Crippen molar-refractivity contribution in [3.63, 3.8) is 0 Å². The van der Waals surface area contributed by atoms with Gasteiger partial charge in [0.1, 0.15) is 12.4 Å². The van der Waals surface area contributed by atoms with Gasteiger partial charge in [0, 0.05) is 15.6 Å². The molecule has 5 nitrogen and oxygen atoms in total. The van der Waals surface area contributed by atoms with Gasteiger partial charge in [-0.1, -0.05) is 87.9 Å². The fourth-order valence-corrected chi connectivity index (χ4v) is 7.05. The van der Waals surface area contributed by atoms with Crippen molar-refractivity contribution in [2.75, 3.05) is 7.11 Å². The third-order valence-corrected chi connectivity index (χ3v) is 9.40. The van der Waals surface area contributed by atoms with Gasteiger partial charge in [-0.2, -0.15) is 0 Å². The Balaban J connectivity index is 1.31. The summed E-state index contributed by atoms with van der Waals surface area (Å²) in [5.74, 6) is 0.670. The summed E-state index contributed by atoms with van der Waals surface area (Å²) in [4.78, 5) is 19.8. The number of fused-ring (bicyclic) bond motifs is 3. The maximum atomic E-state index is 14.1. The predicted octanol–water partition coefficient (Wildman–Crippen LogP) is 6.81. The van der Waals surface area contributed by atoms with Crippen molar-refractivity contribution in [2.24, 2.45) is 4.99 Å². The fraction of sp³-hybridized carbons (Fsp3) is 0.143. The first-order valence-electron chi connectivity index (χ1n) is 13.9. The molecule has 1 aliphatic heterocycles. The van der Waals surface area contributed by atoms with E-state index in [4.69, 9.17) is 14.5 Å². The fourth-order valence-electron chi connectivity index (χ4n) is 5.78. The number of ether oxygens (including phenoxy) is 2. The van der Waals surface area contributed by atoms with Gasteiger partial charge in [-0.05, 0) is 71.5 Å². The van der Waals surface area contributed by atoms with Crippen LogP contribution in [0.25, 0.3) is 11.8 Å². The Bertz CT molecular complexity index is 2080. The van der Waals surface area contributed by atoms with Gasteiger partial charge >= 0.3 is 0 Å². The number of nitrogens with zero attached hydrogens (tertiary/aromatic N) is 2. The zero-order valence-electron chi connectivity index (χ0n) is 23.2. The summed E-state index contributed by atoms with van der Waals surface area (Å²) in [6.07, 6.45) is 3.61. The highest BCUT2D eigenvalue weighted by Crippen LogP contribution is 2.41. The number of aromatic nitrogens is 1. The van der Waals surface area contributed by atoms with E-state index >= 15 is 0 Å². The second kappa shape index (κ2) is 11.4. The zero-order valence-corrected chi connectivity index (χ0v) is 25.6. The molecule has 43 heavy (non-hydrogen) atoms. The quantitative estimate of drug-likeness (QED) is 0.203. The monoisotopic (exact) mass is 652 g/mol. The molecule has 0 spiro atoms. The molecule has 8 heteroatoms. The van der Waals surface area contributed by atoms with E-state index in [1.807, 2.05) is 41.0 Å². The molecule has 0 unspecified atom stereocenters. The third-order valence-electron chi connectivity index (χ3n) is 7.89. The molecule has 214 valence electrons. The second-order valence-electron chi connectivity index (χ2n) is 10.5. The predicted molar refractivity (Wildman–Crippen MR) is 171 cm³/mol. The van der Waals surface area contributed by atoms with E-state index in [1.54, 1.807) is 31.4 Å². The Morgan fingerprint density at radius 2 is 1.79 bits per heavy atom. The molecule has 1 atom stereocenters. The van der Waals surface area contributed by atoms with Crippen molar-refractivity contribution in [2.45, 2.75) is 25.5 Å². The molecular formula is C35H26BrFN2O3S. The number of rotatable bonds is 6. The van der Waals surface area contributed by atoms with Crippen LogP contribution in [0.2, 0.25) is 0 Å². The number of methoxy groups -OCH3 is 1. The lowest BCUT2D eigenvalue weighted by Gasteiger charge is -2.30. The van der Waals surface area contributed by atoms with Gasteiger partial charge in [0.2, 0.25) is 0 Å². The first-order chi connectivity index (χ1) is 21.0. The van der Waals surface area contributed by atoms with Gasteiger partial charge in [-0.3, -0.25) is 9.36 Å². The molecule has 2 heterocycles. The van der Waals surface area contributed by atoms with Gasteiger partial charge in [-0.25, -0.2) is 9.38 Å². The second-order valence-corrected chi connectivity index (χ2v) is 12.4. The maximum absolute atomic E-state index is 14.1. The minimum absolute atomic E-state index is 0.0742. The maximum Gasteiger partial charge on any atom is 0.271 e. The largest absolute Gasteiger partial charge is 0.493 e. The SMILES string of the molecule is COc1cc(/C=c2\sc3n(c2=O)[C@@H](c2ccc(Br)cc2)C2=C(N=3)c3ccccc3CC2)ccc1OCc1ccccc1F. The van der Waals surface area contributed by atoms with Crippen LogP contribution in [0.1, 0.15) is 40.3 Å². The molecule has 0 bridgehead atoms. The summed E-state index contributed by atoms with van der Waals surface area (Å²) in [6.45, 7) is 0.0742. The molecule has 0 fully saturated rings. The molecule has 7 rings (SSSR count). The van der Waals surface area contributed by atoms with Crippen LogP contribution < -0.4 is 24.4 Å². The van der Waals surface area contributed by atoms with E-state index in [0.29, 0.717) is 26.4 Å². The van der Waals surface area contributed by atoms with Crippen LogP contribution in [0.5, 0.6) is 11.5 Å². The molecule has 1 aromatic heterocycles. The molecule has 0 saturated carbocycles. The number of thiazole rings is 1. The lowest BCUT2D eigenvalue weighted by atomic mass is 9.83. The number of aryl methyl sites for hydroxylation is 1. The normalized spacial score (nSPS) is 15.8. The highest BCUT2D eigenvalue weighted by Gasteiger charge is 2.32. The summed E-state index contributed by atoms with van der Waals surface area (Å²) >= 11 is 4.94. The smallest absolute Gasteiger partial charge is 0.271 e. The van der Waals surface area contributed by atoms with Gasteiger partial charge in [0.15, 0.2) is 16.3 Å². The molecule has 0 radical (unpaired) electrons. The average Bonchev–Trinajstić information content (AvgIpc) is 3.34. The van der Waals surface area contributed by atoms with Crippen molar-refractivity contribution in [1.82, 2.24) is 4.57 Å². The molecule has 5 aromatic rings. The van der Waals surface area contributed by atoms with Gasteiger partial charge < -0.3 is 9.47 Å². The van der Waals surface area contributed by atoms with E-state index in [0.717, 1.165) is 45.3 Å². The molecular weight excluding hydrogens is 627 g/mol. The van der Waals surface area contributed by atoms with Crippen LogP contribution in [0.4, 0.5) is 4.39 Å². The number of allylic oxidation sites excluding steroid dienone is 1. The van der Waals surface area contributed by atoms with Crippen LogP contribution in [0, 0.1) is 5.82 Å². The molecule has 4 aromatic carbocycles. The zero-order chi connectivity index (χ0) is 29.5. The van der Waals surface area contributed by atoms with Crippen molar-refractivity contribution >= 4 is 39.0 Å². The Hall–Kier alpha value is -4.27. The number of halogens is 2. The summed E-state index contributed by atoms with van der Waals surface area (Å²) in [5.41, 5.74) is 6.77. The van der Waals surface area contributed by atoms with Crippen molar-refractivity contribution in [1.29, 1.82) is 0 Å². The molecule has 1 aliphatic carbocycles. The van der Waals surface area contributed by atoms with Crippen molar-refractivity contribution in [3.05, 3.63) is 154 Å². The lowest BCUT2D eigenvalue weighted by molar-refractivity contribution is 0.279. The van der Waals surface area contributed by atoms with Gasteiger partial charge in [0.25, 0.3) is 5.56 Å². The van der Waals surface area contributed by atoms with Gasteiger partial charge in [-0.15, -0.1) is 0 Å². The molecule has 0 saturated heterocycles. The number of hydrogen-bond acceptors (Lipinski definition) is 5. The Kier molecular flexibility index (Phi) is 7.33. The minimum Gasteiger partial charge on any atom is -0.493 e. The van der Waals surface area contributed by atoms with E-state index in [9.17, 15) is 9.18 Å². The lowest BCUT2D eigenvalue weighted by Crippen LogP contribution is -2.38. The highest BCUT2D eigenvalue weighted by molar-refractivity contribution is 9.10. The first-order valence-corrected chi connectivity index (χ1v) is 15.5. The third kappa shape index (κ3) is 5.15. The van der Waals surface area contributed by atoms with Crippen LogP contribution in [-0.4, -0.2) is 11.7 Å². The van der Waals surface area contributed by atoms with Gasteiger partial charge in [0.05, 0.1) is 23.4 Å². The van der Waals surface area contributed by atoms with Crippen molar-refractivity contribution in [3.8, 4) is 11.5 Å². The first kappa shape index (κ1) is 27.6. The van der Waals surface area contributed by atoms with E-state index in [-0.39, 0.29) is 24.0 Å². The van der Waals surface area contributed by atoms with E-state index in [1.165, 1.54) is 23.0 Å². The summed E-state index contributed by atoms with van der Waals surface area (Å²) < 4.78 is 29.0. The van der Waals surface area contributed by atoms with Crippen LogP contribution in [0.3, 0.4) is 0 Å². The Morgan fingerprint density at radius 1 is 1.00 bits per heavy atom. The Labute approximate surface area is 260 Å². The van der Waals surface area contributed by atoms with Crippen molar-refractivity contribution < 1.29 is 13.9 Å². The van der Waals surface area contributed by atoms with E-state index < -0.39 is 0 Å². The molecule has 0 N–H and O–H groups in total. The van der Waals surface area contributed by atoms with Crippen LogP contribution in [0.15, 0.2) is 111 Å². The summed E-state index contributed by atoms with van der Waals surface area (Å²) in [7, 11) is 1.56.